The van der Waals surface area contributed by atoms with E-state index in [1.807, 2.05) is 36.6 Å². The van der Waals surface area contributed by atoms with Crippen molar-refractivity contribution >= 4 is 23.4 Å². The molecule has 0 unspecified atom stereocenters. The highest BCUT2D eigenvalue weighted by molar-refractivity contribution is 7.98. The summed E-state index contributed by atoms with van der Waals surface area (Å²) in [7, 11) is 1.72. The van der Waals surface area contributed by atoms with Gasteiger partial charge in [0.15, 0.2) is 0 Å². The molecular formula is C16H14N2OS. The highest BCUT2D eigenvalue weighted by Gasteiger charge is 2.16. The van der Waals surface area contributed by atoms with Crippen molar-refractivity contribution in [1.29, 1.82) is 5.26 Å². The molecule has 3 nitrogen and oxygen atoms in total. The Morgan fingerprint density at radius 2 is 1.95 bits per heavy atom. The van der Waals surface area contributed by atoms with Crippen molar-refractivity contribution in [2.75, 3.05) is 18.2 Å². The number of hydrogen-bond acceptors (Lipinski definition) is 3. The van der Waals surface area contributed by atoms with Gasteiger partial charge in [0.25, 0.3) is 5.91 Å². The molecule has 2 aromatic carbocycles. The third-order valence-electron chi connectivity index (χ3n) is 3.00. The molecule has 0 radical (unpaired) electrons. The molecule has 0 spiro atoms. The minimum atomic E-state index is -0.0787. The number of nitrogens with zero attached hydrogens (tertiary/aromatic N) is 2. The summed E-state index contributed by atoms with van der Waals surface area (Å²) in [5.41, 5.74) is 1.93. The van der Waals surface area contributed by atoms with E-state index in [0.717, 1.165) is 4.90 Å². The van der Waals surface area contributed by atoms with Crippen LogP contribution in [0.5, 0.6) is 0 Å². The summed E-state index contributed by atoms with van der Waals surface area (Å²) in [6.07, 6.45) is 1.95. The second kappa shape index (κ2) is 6.27. The summed E-state index contributed by atoms with van der Waals surface area (Å²) in [6.45, 7) is 0. The fraction of sp³-hybridized carbons (Fsp3) is 0.125. The van der Waals surface area contributed by atoms with Crippen molar-refractivity contribution < 1.29 is 4.79 Å². The second-order valence-electron chi connectivity index (χ2n) is 4.23. The zero-order chi connectivity index (χ0) is 14.5. The number of carbonyl (C=O) groups is 1. The molecule has 0 atom stereocenters. The molecule has 0 aromatic heterocycles. The predicted molar refractivity (Wildman–Crippen MR) is 82.1 cm³/mol. The van der Waals surface area contributed by atoms with E-state index in [1.165, 1.54) is 0 Å². The zero-order valence-corrected chi connectivity index (χ0v) is 12.1. The normalized spacial score (nSPS) is 9.85. The number of nitriles is 1. The zero-order valence-electron chi connectivity index (χ0n) is 11.3. The second-order valence-corrected chi connectivity index (χ2v) is 5.07. The molecule has 2 aromatic rings. The molecular weight excluding hydrogens is 268 g/mol. The van der Waals surface area contributed by atoms with Gasteiger partial charge in [-0.2, -0.15) is 5.26 Å². The summed E-state index contributed by atoms with van der Waals surface area (Å²) >= 11 is 1.54. The summed E-state index contributed by atoms with van der Waals surface area (Å²) in [4.78, 5) is 15.1. The molecule has 0 saturated heterocycles. The maximum absolute atomic E-state index is 12.6. The summed E-state index contributed by atoms with van der Waals surface area (Å²) < 4.78 is 0. The minimum Gasteiger partial charge on any atom is -0.311 e. The Hall–Kier alpha value is -2.25. The van der Waals surface area contributed by atoms with Gasteiger partial charge in [-0.25, -0.2) is 0 Å². The van der Waals surface area contributed by atoms with Crippen LogP contribution >= 0.6 is 11.8 Å². The van der Waals surface area contributed by atoms with E-state index < -0.39 is 0 Å². The van der Waals surface area contributed by atoms with Crippen LogP contribution < -0.4 is 4.90 Å². The fourth-order valence-corrected chi connectivity index (χ4v) is 2.49. The van der Waals surface area contributed by atoms with E-state index in [0.29, 0.717) is 16.8 Å². The molecule has 20 heavy (non-hydrogen) atoms. The third-order valence-corrected chi connectivity index (χ3v) is 3.80. The number of carbonyl (C=O) groups excluding carboxylic acids is 1. The molecule has 0 fully saturated rings. The smallest absolute Gasteiger partial charge is 0.259 e. The van der Waals surface area contributed by atoms with E-state index in [-0.39, 0.29) is 5.91 Å². The first-order valence-electron chi connectivity index (χ1n) is 6.08. The van der Waals surface area contributed by atoms with Crippen LogP contribution in [-0.4, -0.2) is 19.2 Å². The molecule has 4 heteroatoms. The lowest BCUT2D eigenvalue weighted by atomic mass is 10.1. The Labute approximate surface area is 122 Å². The molecule has 2 rings (SSSR count). The van der Waals surface area contributed by atoms with Gasteiger partial charge in [0.2, 0.25) is 0 Å². The highest BCUT2D eigenvalue weighted by atomic mass is 32.2. The first-order valence-corrected chi connectivity index (χ1v) is 7.31. The molecule has 1 amide bonds. The van der Waals surface area contributed by atoms with Gasteiger partial charge in [-0.05, 0) is 36.6 Å². The minimum absolute atomic E-state index is 0.0787. The number of rotatable bonds is 3. The first kappa shape index (κ1) is 14.2. The topological polar surface area (TPSA) is 44.1 Å². The van der Waals surface area contributed by atoms with Crippen LogP contribution in [0, 0.1) is 11.3 Å². The maximum atomic E-state index is 12.6. The molecule has 0 heterocycles. The van der Waals surface area contributed by atoms with Crippen molar-refractivity contribution in [2.45, 2.75) is 4.90 Å². The van der Waals surface area contributed by atoms with Gasteiger partial charge in [-0.15, -0.1) is 11.8 Å². The molecule has 100 valence electrons. The molecule has 0 aliphatic rings. The summed E-state index contributed by atoms with van der Waals surface area (Å²) in [5, 5.41) is 8.92. The largest absolute Gasteiger partial charge is 0.311 e. The van der Waals surface area contributed by atoms with Gasteiger partial charge in [0, 0.05) is 17.6 Å². The van der Waals surface area contributed by atoms with Crippen LogP contribution in [0.3, 0.4) is 0 Å². The standard InChI is InChI=1S/C16H14N2OS/c1-18(13-7-5-6-12(10-13)11-17)16(19)14-8-3-4-9-15(14)20-2/h3-10H,1-2H3. The van der Waals surface area contributed by atoms with Crippen LogP contribution in [0.4, 0.5) is 5.69 Å². The van der Waals surface area contributed by atoms with Crippen molar-refractivity contribution in [3.05, 3.63) is 59.7 Å². The van der Waals surface area contributed by atoms with Crippen LogP contribution in [0.1, 0.15) is 15.9 Å². The molecule has 0 aliphatic heterocycles. The Morgan fingerprint density at radius 3 is 2.65 bits per heavy atom. The van der Waals surface area contributed by atoms with Crippen LogP contribution in [0.25, 0.3) is 0 Å². The van der Waals surface area contributed by atoms with Crippen LogP contribution in [0.15, 0.2) is 53.4 Å². The molecule has 0 saturated carbocycles. The Balaban J connectivity index is 2.35. The summed E-state index contributed by atoms with van der Waals surface area (Å²) in [5.74, 6) is -0.0787. The quantitative estimate of drug-likeness (QED) is 0.809. The van der Waals surface area contributed by atoms with Crippen molar-refractivity contribution in [3.8, 4) is 6.07 Å². The predicted octanol–water partition coefficient (Wildman–Crippen LogP) is 3.56. The van der Waals surface area contributed by atoms with Crippen LogP contribution in [0.2, 0.25) is 0 Å². The van der Waals surface area contributed by atoms with Gasteiger partial charge in [0.1, 0.15) is 0 Å². The first-order chi connectivity index (χ1) is 9.67. The average molecular weight is 282 g/mol. The van der Waals surface area contributed by atoms with Crippen molar-refractivity contribution in [1.82, 2.24) is 0 Å². The van der Waals surface area contributed by atoms with Gasteiger partial charge >= 0.3 is 0 Å². The van der Waals surface area contributed by atoms with E-state index in [4.69, 9.17) is 5.26 Å². The number of hydrogen-bond donors (Lipinski definition) is 0. The molecule has 0 bridgehead atoms. The third kappa shape index (κ3) is 2.84. The van der Waals surface area contributed by atoms with Crippen molar-refractivity contribution in [3.63, 3.8) is 0 Å². The number of benzene rings is 2. The monoisotopic (exact) mass is 282 g/mol. The van der Waals surface area contributed by atoms with E-state index >= 15 is 0 Å². The highest BCUT2D eigenvalue weighted by Crippen LogP contribution is 2.23. The lowest BCUT2D eigenvalue weighted by molar-refractivity contribution is 0.0990. The van der Waals surface area contributed by atoms with Gasteiger partial charge in [-0.3, -0.25) is 4.79 Å². The Morgan fingerprint density at radius 1 is 1.20 bits per heavy atom. The lowest BCUT2D eigenvalue weighted by Crippen LogP contribution is -2.26. The SMILES string of the molecule is CSc1ccccc1C(=O)N(C)c1cccc(C#N)c1. The van der Waals surface area contributed by atoms with Crippen molar-refractivity contribution in [2.24, 2.45) is 0 Å². The summed E-state index contributed by atoms with van der Waals surface area (Å²) in [6, 6.07) is 16.6. The van der Waals surface area contributed by atoms with Gasteiger partial charge in [0.05, 0.1) is 17.2 Å². The number of amides is 1. The van der Waals surface area contributed by atoms with E-state index in [9.17, 15) is 4.79 Å². The average Bonchev–Trinajstić information content (AvgIpc) is 2.53. The molecule has 0 N–H and O–H groups in total. The Bertz CT molecular complexity index is 676. The maximum Gasteiger partial charge on any atom is 0.259 e. The number of anilines is 1. The van der Waals surface area contributed by atoms with Crippen LogP contribution in [-0.2, 0) is 0 Å². The van der Waals surface area contributed by atoms with Gasteiger partial charge < -0.3 is 4.90 Å². The lowest BCUT2D eigenvalue weighted by Gasteiger charge is -2.19. The van der Waals surface area contributed by atoms with E-state index in [2.05, 4.69) is 6.07 Å². The van der Waals surface area contributed by atoms with E-state index in [1.54, 1.807) is 41.9 Å². The molecule has 0 aliphatic carbocycles. The van der Waals surface area contributed by atoms with Gasteiger partial charge in [-0.1, -0.05) is 18.2 Å². The Kier molecular flexibility index (Phi) is 4.44. The number of thioether (sulfide) groups is 1. The fourth-order valence-electron chi connectivity index (χ4n) is 1.90.